The van der Waals surface area contributed by atoms with E-state index in [0.717, 1.165) is 12.8 Å². The Bertz CT molecular complexity index is 402. The molecule has 0 aliphatic heterocycles. The molecule has 0 bridgehead atoms. The molecule has 1 fully saturated rings. The van der Waals surface area contributed by atoms with Gasteiger partial charge in [0.1, 0.15) is 5.82 Å². The number of rotatable bonds is 3. The lowest BCUT2D eigenvalue weighted by molar-refractivity contribution is 0.236. The highest BCUT2D eigenvalue weighted by atomic mass is 19.1. The molecule has 2 rings (SSSR count). The molecule has 0 saturated heterocycles. The summed E-state index contributed by atoms with van der Waals surface area (Å²) in [6.45, 7) is 2.42. The van der Waals surface area contributed by atoms with Crippen LogP contribution in [-0.2, 0) is 5.54 Å². The number of urea groups is 1. The zero-order valence-corrected chi connectivity index (χ0v) is 9.22. The summed E-state index contributed by atoms with van der Waals surface area (Å²) in [4.78, 5) is 11.4. The standard InChI is InChI=1S/C12H15FN2O/c1-2-14-11(16)15-12(7-8-12)9-5-3-4-6-10(9)13/h3-6H,2,7-8H2,1H3,(H2,14,15,16). The zero-order chi connectivity index (χ0) is 11.6. The second-order valence-corrected chi connectivity index (χ2v) is 4.05. The van der Waals surface area contributed by atoms with E-state index in [4.69, 9.17) is 0 Å². The number of carbonyl (C=O) groups is 1. The van der Waals surface area contributed by atoms with Crippen molar-refractivity contribution in [2.45, 2.75) is 25.3 Å². The van der Waals surface area contributed by atoms with Crippen LogP contribution in [0, 0.1) is 5.82 Å². The highest BCUT2D eigenvalue weighted by Gasteiger charge is 2.47. The van der Waals surface area contributed by atoms with Crippen molar-refractivity contribution in [3.63, 3.8) is 0 Å². The lowest BCUT2D eigenvalue weighted by Gasteiger charge is -2.18. The summed E-state index contributed by atoms with van der Waals surface area (Å²) in [5.41, 5.74) is 0.103. The Balaban J connectivity index is 2.14. The minimum Gasteiger partial charge on any atom is -0.338 e. The van der Waals surface area contributed by atoms with E-state index in [0.29, 0.717) is 12.1 Å². The van der Waals surface area contributed by atoms with E-state index in [1.165, 1.54) is 6.07 Å². The van der Waals surface area contributed by atoms with Crippen molar-refractivity contribution in [3.05, 3.63) is 35.6 Å². The Kier molecular flexibility index (Phi) is 2.81. The summed E-state index contributed by atoms with van der Waals surface area (Å²) in [5, 5.41) is 5.49. The van der Waals surface area contributed by atoms with Crippen molar-refractivity contribution < 1.29 is 9.18 Å². The van der Waals surface area contributed by atoms with Gasteiger partial charge in [-0.1, -0.05) is 18.2 Å². The van der Waals surface area contributed by atoms with Crippen LogP contribution in [0.4, 0.5) is 9.18 Å². The molecule has 1 aromatic rings. The summed E-state index contributed by atoms with van der Waals surface area (Å²) in [5.74, 6) is -0.253. The maximum atomic E-state index is 13.6. The molecule has 1 aromatic carbocycles. The first-order valence-corrected chi connectivity index (χ1v) is 5.49. The lowest BCUT2D eigenvalue weighted by atomic mass is 10.0. The Morgan fingerprint density at radius 2 is 2.12 bits per heavy atom. The smallest absolute Gasteiger partial charge is 0.315 e. The summed E-state index contributed by atoms with van der Waals surface area (Å²) >= 11 is 0. The van der Waals surface area contributed by atoms with Gasteiger partial charge in [0.15, 0.2) is 0 Å². The number of hydrogen-bond donors (Lipinski definition) is 2. The predicted molar refractivity (Wildman–Crippen MR) is 59.5 cm³/mol. The molecule has 16 heavy (non-hydrogen) atoms. The number of benzene rings is 1. The molecular formula is C12H15FN2O. The van der Waals surface area contributed by atoms with Crippen LogP contribution in [0.1, 0.15) is 25.3 Å². The topological polar surface area (TPSA) is 41.1 Å². The van der Waals surface area contributed by atoms with Gasteiger partial charge in [-0.2, -0.15) is 0 Å². The molecule has 1 aliphatic rings. The highest BCUT2D eigenvalue weighted by Crippen LogP contribution is 2.46. The van der Waals surface area contributed by atoms with Gasteiger partial charge in [-0.25, -0.2) is 9.18 Å². The van der Waals surface area contributed by atoms with Gasteiger partial charge in [-0.15, -0.1) is 0 Å². The molecule has 0 atom stereocenters. The van der Waals surface area contributed by atoms with Crippen LogP contribution in [-0.4, -0.2) is 12.6 Å². The fourth-order valence-electron chi connectivity index (χ4n) is 1.86. The Labute approximate surface area is 94.0 Å². The largest absolute Gasteiger partial charge is 0.338 e. The molecule has 0 radical (unpaired) electrons. The van der Waals surface area contributed by atoms with E-state index in [1.807, 2.05) is 6.92 Å². The summed E-state index contributed by atoms with van der Waals surface area (Å²) in [6.07, 6.45) is 1.59. The van der Waals surface area contributed by atoms with Crippen molar-refractivity contribution in [2.24, 2.45) is 0 Å². The van der Waals surface area contributed by atoms with Crippen molar-refractivity contribution in [3.8, 4) is 0 Å². The Morgan fingerprint density at radius 3 is 2.69 bits per heavy atom. The fraction of sp³-hybridized carbons (Fsp3) is 0.417. The van der Waals surface area contributed by atoms with Crippen LogP contribution in [0.15, 0.2) is 24.3 Å². The second kappa shape index (κ2) is 4.12. The van der Waals surface area contributed by atoms with Gasteiger partial charge < -0.3 is 10.6 Å². The van der Waals surface area contributed by atoms with Crippen LogP contribution in [0.3, 0.4) is 0 Å². The molecule has 0 unspecified atom stereocenters. The van der Waals surface area contributed by atoms with E-state index in [9.17, 15) is 9.18 Å². The highest BCUT2D eigenvalue weighted by molar-refractivity contribution is 5.75. The maximum absolute atomic E-state index is 13.6. The average Bonchev–Trinajstić information content (AvgIpc) is 2.99. The van der Waals surface area contributed by atoms with Crippen molar-refractivity contribution >= 4 is 6.03 Å². The Morgan fingerprint density at radius 1 is 1.44 bits per heavy atom. The van der Waals surface area contributed by atoms with E-state index in [-0.39, 0.29) is 11.8 Å². The van der Waals surface area contributed by atoms with E-state index < -0.39 is 5.54 Å². The monoisotopic (exact) mass is 222 g/mol. The van der Waals surface area contributed by atoms with Gasteiger partial charge >= 0.3 is 6.03 Å². The van der Waals surface area contributed by atoms with Crippen molar-refractivity contribution in [2.75, 3.05) is 6.54 Å². The maximum Gasteiger partial charge on any atom is 0.315 e. The third-order valence-corrected chi connectivity index (χ3v) is 2.83. The SMILES string of the molecule is CCNC(=O)NC1(c2ccccc2F)CC1. The van der Waals surface area contributed by atoms with Gasteiger partial charge in [0.2, 0.25) is 0 Å². The summed E-state index contributed by atoms with van der Waals surface area (Å²) in [7, 11) is 0. The zero-order valence-electron chi connectivity index (χ0n) is 9.22. The first-order chi connectivity index (χ1) is 7.68. The third kappa shape index (κ3) is 2.01. The summed E-state index contributed by atoms with van der Waals surface area (Å²) < 4.78 is 13.6. The summed E-state index contributed by atoms with van der Waals surface area (Å²) in [6, 6.07) is 6.37. The molecule has 0 aromatic heterocycles. The molecule has 0 spiro atoms. The van der Waals surface area contributed by atoms with Gasteiger partial charge in [-0.05, 0) is 25.8 Å². The number of halogens is 1. The number of hydrogen-bond acceptors (Lipinski definition) is 1. The van der Waals surface area contributed by atoms with Crippen molar-refractivity contribution in [1.82, 2.24) is 10.6 Å². The van der Waals surface area contributed by atoms with Gasteiger partial charge in [-0.3, -0.25) is 0 Å². The van der Waals surface area contributed by atoms with Crippen LogP contribution in [0.5, 0.6) is 0 Å². The molecule has 4 heteroatoms. The van der Waals surface area contributed by atoms with Gasteiger partial charge in [0.25, 0.3) is 0 Å². The second-order valence-electron chi connectivity index (χ2n) is 4.05. The molecule has 1 saturated carbocycles. The first-order valence-electron chi connectivity index (χ1n) is 5.49. The van der Waals surface area contributed by atoms with Crippen LogP contribution < -0.4 is 10.6 Å². The quantitative estimate of drug-likeness (QED) is 0.808. The first kappa shape index (κ1) is 10.9. The lowest BCUT2D eigenvalue weighted by Crippen LogP contribution is -2.42. The minimum atomic E-state index is -0.482. The van der Waals surface area contributed by atoms with Crippen LogP contribution >= 0.6 is 0 Å². The molecule has 0 heterocycles. The number of carbonyl (C=O) groups excluding carboxylic acids is 1. The minimum absolute atomic E-state index is 0.233. The van der Waals surface area contributed by atoms with Crippen LogP contribution in [0.25, 0.3) is 0 Å². The predicted octanol–water partition coefficient (Wildman–Crippen LogP) is 2.13. The average molecular weight is 222 g/mol. The molecule has 86 valence electrons. The van der Waals surface area contributed by atoms with E-state index in [2.05, 4.69) is 10.6 Å². The van der Waals surface area contributed by atoms with E-state index >= 15 is 0 Å². The molecule has 1 aliphatic carbocycles. The Hall–Kier alpha value is -1.58. The normalized spacial score (nSPS) is 16.6. The van der Waals surface area contributed by atoms with Crippen LogP contribution in [0.2, 0.25) is 0 Å². The third-order valence-electron chi connectivity index (χ3n) is 2.83. The van der Waals surface area contributed by atoms with Gasteiger partial charge in [0, 0.05) is 12.1 Å². The molecule has 2 N–H and O–H groups in total. The molecular weight excluding hydrogens is 207 g/mol. The van der Waals surface area contributed by atoms with E-state index in [1.54, 1.807) is 18.2 Å². The molecule has 3 nitrogen and oxygen atoms in total. The number of nitrogens with one attached hydrogen (secondary N) is 2. The van der Waals surface area contributed by atoms with Gasteiger partial charge in [0.05, 0.1) is 5.54 Å². The number of amides is 2. The van der Waals surface area contributed by atoms with Crippen molar-refractivity contribution in [1.29, 1.82) is 0 Å². The fourth-order valence-corrected chi connectivity index (χ4v) is 1.86. The molecule has 2 amide bonds.